The summed E-state index contributed by atoms with van der Waals surface area (Å²) >= 11 is 6.11. The van der Waals surface area contributed by atoms with E-state index in [4.69, 9.17) is 26.8 Å². The zero-order valence-corrected chi connectivity index (χ0v) is 12.2. The number of rotatable bonds is 2. The summed E-state index contributed by atoms with van der Waals surface area (Å²) in [6, 6.07) is 9.82. The molecule has 0 aromatic heterocycles. The van der Waals surface area contributed by atoms with E-state index in [0.717, 1.165) is 5.56 Å². The highest BCUT2D eigenvalue weighted by molar-refractivity contribution is 6.31. The van der Waals surface area contributed by atoms with E-state index in [1.165, 1.54) is 6.07 Å². The first kappa shape index (κ1) is 14.2. The molecule has 0 saturated carbocycles. The fraction of sp³-hybridized carbons (Fsp3) is 0.250. The molecule has 3 nitrogen and oxygen atoms in total. The lowest BCUT2D eigenvalue weighted by Gasteiger charge is -2.31. The second kappa shape index (κ2) is 5.54. The third-order valence-electron chi connectivity index (χ3n) is 3.68. The molecule has 0 saturated heterocycles. The SMILES string of the molecule is COc1ccc2c(c1)OC(c1c(F)cccc1Cl)C[C@H]2N. The van der Waals surface area contributed by atoms with Crippen LogP contribution in [-0.4, -0.2) is 7.11 Å². The molecule has 1 unspecified atom stereocenters. The molecule has 0 fully saturated rings. The van der Waals surface area contributed by atoms with Crippen LogP contribution in [0.2, 0.25) is 5.02 Å². The highest BCUT2D eigenvalue weighted by Crippen LogP contribution is 2.43. The van der Waals surface area contributed by atoms with Gasteiger partial charge in [0.2, 0.25) is 0 Å². The van der Waals surface area contributed by atoms with Crippen LogP contribution >= 0.6 is 11.6 Å². The van der Waals surface area contributed by atoms with Crippen LogP contribution in [-0.2, 0) is 0 Å². The Kier molecular flexibility index (Phi) is 3.74. The number of hydrogen-bond acceptors (Lipinski definition) is 3. The Morgan fingerprint density at radius 3 is 2.86 bits per heavy atom. The maximum Gasteiger partial charge on any atom is 0.131 e. The molecule has 21 heavy (non-hydrogen) atoms. The monoisotopic (exact) mass is 307 g/mol. The minimum Gasteiger partial charge on any atom is -0.497 e. The van der Waals surface area contributed by atoms with Crippen molar-refractivity contribution in [1.82, 2.24) is 0 Å². The van der Waals surface area contributed by atoms with Gasteiger partial charge in [-0.15, -0.1) is 0 Å². The molecule has 2 N–H and O–H groups in total. The highest BCUT2D eigenvalue weighted by Gasteiger charge is 2.30. The molecule has 3 rings (SSSR count). The van der Waals surface area contributed by atoms with E-state index in [1.54, 1.807) is 25.3 Å². The lowest BCUT2D eigenvalue weighted by atomic mass is 9.93. The number of methoxy groups -OCH3 is 1. The Labute approximate surface area is 127 Å². The molecular weight excluding hydrogens is 293 g/mol. The molecule has 2 atom stereocenters. The topological polar surface area (TPSA) is 44.5 Å². The third-order valence-corrected chi connectivity index (χ3v) is 4.01. The summed E-state index contributed by atoms with van der Waals surface area (Å²) in [6.45, 7) is 0. The first-order valence-electron chi connectivity index (χ1n) is 6.64. The van der Waals surface area contributed by atoms with Crippen LogP contribution in [0.3, 0.4) is 0 Å². The summed E-state index contributed by atoms with van der Waals surface area (Å²) in [5.41, 5.74) is 7.42. The van der Waals surface area contributed by atoms with Crippen LogP contribution in [0.15, 0.2) is 36.4 Å². The normalized spacial score (nSPS) is 20.6. The van der Waals surface area contributed by atoms with E-state index >= 15 is 0 Å². The van der Waals surface area contributed by atoms with Crippen LogP contribution in [0.1, 0.15) is 29.7 Å². The predicted octanol–water partition coefficient (Wildman–Crippen LogP) is 4.01. The molecule has 2 aromatic rings. The van der Waals surface area contributed by atoms with Crippen molar-refractivity contribution in [3.05, 3.63) is 58.4 Å². The fourth-order valence-corrected chi connectivity index (χ4v) is 2.89. The Balaban J connectivity index is 2.01. The van der Waals surface area contributed by atoms with Gasteiger partial charge in [0.15, 0.2) is 0 Å². The van der Waals surface area contributed by atoms with Crippen molar-refractivity contribution in [3.8, 4) is 11.5 Å². The van der Waals surface area contributed by atoms with Gasteiger partial charge in [-0.1, -0.05) is 23.7 Å². The number of benzene rings is 2. The van der Waals surface area contributed by atoms with Crippen molar-refractivity contribution in [2.45, 2.75) is 18.6 Å². The highest BCUT2D eigenvalue weighted by atomic mass is 35.5. The van der Waals surface area contributed by atoms with Crippen molar-refractivity contribution in [2.24, 2.45) is 5.73 Å². The maximum atomic E-state index is 14.1. The van der Waals surface area contributed by atoms with E-state index in [9.17, 15) is 4.39 Å². The quantitative estimate of drug-likeness (QED) is 0.911. The van der Waals surface area contributed by atoms with Gasteiger partial charge in [0.05, 0.1) is 12.1 Å². The largest absolute Gasteiger partial charge is 0.497 e. The smallest absolute Gasteiger partial charge is 0.131 e. The average Bonchev–Trinajstić information content (AvgIpc) is 2.46. The van der Waals surface area contributed by atoms with Crippen molar-refractivity contribution in [3.63, 3.8) is 0 Å². The zero-order chi connectivity index (χ0) is 15.0. The van der Waals surface area contributed by atoms with E-state index in [1.807, 2.05) is 12.1 Å². The van der Waals surface area contributed by atoms with Gasteiger partial charge < -0.3 is 15.2 Å². The predicted molar refractivity (Wildman–Crippen MR) is 79.3 cm³/mol. The molecule has 0 aliphatic carbocycles. The van der Waals surface area contributed by atoms with Gasteiger partial charge in [0, 0.05) is 29.7 Å². The molecule has 110 valence electrons. The van der Waals surface area contributed by atoms with Crippen LogP contribution in [0.4, 0.5) is 4.39 Å². The fourth-order valence-electron chi connectivity index (χ4n) is 2.60. The minimum absolute atomic E-state index is 0.236. The van der Waals surface area contributed by atoms with Gasteiger partial charge in [-0.25, -0.2) is 4.39 Å². The summed E-state index contributed by atoms with van der Waals surface area (Å²) in [7, 11) is 1.58. The average molecular weight is 308 g/mol. The third kappa shape index (κ3) is 2.57. The van der Waals surface area contributed by atoms with Crippen LogP contribution in [0.25, 0.3) is 0 Å². The standard InChI is InChI=1S/C16H15ClFNO2/c1-20-9-5-6-10-13(19)8-15(21-14(10)7-9)16-11(17)3-2-4-12(16)18/h2-7,13,15H,8,19H2,1H3/t13-,15?/m1/s1. The number of ether oxygens (including phenoxy) is 2. The van der Waals surface area contributed by atoms with Gasteiger partial charge >= 0.3 is 0 Å². The molecule has 1 aliphatic heterocycles. The first-order valence-corrected chi connectivity index (χ1v) is 7.02. The Morgan fingerprint density at radius 1 is 1.33 bits per heavy atom. The number of halogens is 2. The Hall–Kier alpha value is -1.78. The summed E-state index contributed by atoms with van der Waals surface area (Å²) in [6.07, 6.45) is -0.0340. The molecule has 5 heteroatoms. The lowest BCUT2D eigenvalue weighted by Crippen LogP contribution is -2.25. The lowest BCUT2D eigenvalue weighted by molar-refractivity contribution is 0.157. The van der Waals surface area contributed by atoms with E-state index in [0.29, 0.717) is 28.5 Å². The maximum absolute atomic E-state index is 14.1. The van der Waals surface area contributed by atoms with Crippen LogP contribution in [0, 0.1) is 5.82 Å². The van der Waals surface area contributed by atoms with Crippen molar-refractivity contribution in [1.29, 1.82) is 0 Å². The second-order valence-electron chi connectivity index (χ2n) is 4.99. The Bertz CT molecular complexity index is 657. The molecule has 0 radical (unpaired) electrons. The summed E-state index contributed by atoms with van der Waals surface area (Å²) in [5, 5.41) is 0.346. The molecule has 0 bridgehead atoms. The molecule has 0 amide bonds. The molecular formula is C16H15ClFNO2. The van der Waals surface area contributed by atoms with Crippen LogP contribution in [0.5, 0.6) is 11.5 Å². The van der Waals surface area contributed by atoms with Crippen molar-refractivity contribution < 1.29 is 13.9 Å². The van der Waals surface area contributed by atoms with Gasteiger partial charge in [-0.2, -0.15) is 0 Å². The molecule has 1 heterocycles. The summed E-state index contributed by atoms with van der Waals surface area (Å²) in [4.78, 5) is 0. The number of nitrogens with two attached hydrogens (primary N) is 1. The van der Waals surface area contributed by atoms with Gasteiger partial charge in [-0.05, 0) is 18.2 Å². The number of fused-ring (bicyclic) bond motifs is 1. The Morgan fingerprint density at radius 2 is 2.14 bits per heavy atom. The van der Waals surface area contributed by atoms with Gasteiger partial charge in [0.25, 0.3) is 0 Å². The van der Waals surface area contributed by atoms with Crippen molar-refractivity contribution in [2.75, 3.05) is 7.11 Å². The van der Waals surface area contributed by atoms with E-state index < -0.39 is 6.10 Å². The molecule has 2 aromatic carbocycles. The van der Waals surface area contributed by atoms with E-state index in [2.05, 4.69) is 0 Å². The van der Waals surface area contributed by atoms with Gasteiger partial charge in [-0.3, -0.25) is 0 Å². The zero-order valence-electron chi connectivity index (χ0n) is 11.5. The van der Waals surface area contributed by atoms with Gasteiger partial charge in [0.1, 0.15) is 23.4 Å². The summed E-state index contributed by atoms with van der Waals surface area (Å²) < 4.78 is 25.1. The first-order chi connectivity index (χ1) is 10.1. The molecule has 1 aliphatic rings. The molecule has 0 spiro atoms. The second-order valence-corrected chi connectivity index (χ2v) is 5.39. The number of hydrogen-bond donors (Lipinski definition) is 1. The van der Waals surface area contributed by atoms with E-state index in [-0.39, 0.29) is 11.9 Å². The minimum atomic E-state index is -0.506. The summed E-state index contributed by atoms with van der Waals surface area (Å²) in [5.74, 6) is 0.893. The van der Waals surface area contributed by atoms with Crippen molar-refractivity contribution >= 4 is 11.6 Å². The van der Waals surface area contributed by atoms with Crippen LogP contribution < -0.4 is 15.2 Å².